The zero-order valence-electron chi connectivity index (χ0n) is 19.6. The topological polar surface area (TPSA) is 53.1 Å². The molecule has 0 aliphatic heterocycles. The molecule has 0 spiro atoms. The molecule has 168 valence electrons. The molecule has 1 aliphatic rings. The maximum Gasteiger partial charge on any atom is 0.201 e. The number of hydrogen-bond donors (Lipinski definition) is 2. The molecule has 0 atom stereocenters. The van der Waals surface area contributed by atoms with Gasteiger partial charge in [-0.25, -0.2) is 0 Å². The average molecular weight is 446 g/mol. The molecule has 1 aromatic heterocycles. The summed E-state index contributed by atoms with van der Waals surface area (Å²) in [5.41, 5.74) is 6.82. The maximum absolute atomic E-state index is 13.4. The summed E-state index contributed by atoms with van der Waals surface area (Å²) in [5.74, 6) is -0.144. The van der Waals surface area contributed by atoms with Crippen LogP contribution in [0.25, 0.3) is 27.7 Å². The Balaban J connectivity index is 1.61. The number of Topliss-reactive ketones (excluding diaryl/α,β-unsaturated/α-hetero) is 1. The number of H-pyrrole nitrogens is 1. The minimum Gasteiger partial charge on any atom is -0.506 e. The molecule has 1 heterocycles. The second kappa shape index (κ2) is 8.03. The Hall–Kier alpha value is -4.11. The number of carbonyl (C=O) groups is 1. The van der Waals surface area contributed by atoms with Crippen LogP contribution in [0.3, 0.4) is 0 Å². The smallest absolute Gasteiger partial charge is 0.201 e. The van der Waals surface area contributed by atoms with Crippen molar-refractivity contribution in [3.63, 3.8) is 0 Å². The largest absolute Gasteiger partial charge is 0.506 e. The lowest BCUT2D eigenvalue weighted by atomic mass is 9.73. The molecule has 1 aliphatic carbocycles. The summed E-state index contributed by atoms with van der Waals surface area (Å²) in [7, 11) is 0. The quantitative estimate of drug-likeness (QED) is 0.313. The van der Waals surface area contributed by atoms with Crippen LogP contribution in [0.1, 0.15) is 30.5 Å². The fraction of sp³-hybridized carbons (Fsp3) is 0.129. The Morgan fingerprint density at radius 2 is 1.59 bits per heavy atom. The molecule has 4 aromatic rings. The normalized spacial score (nSPS) is 15.1. The third-order valence-electron chi connectivity index (χ3n) is 6.92. The van der Waals surface area contributed by atoms with Crippen molar-refractivity contribution in [1.29, 1.82) is 0 Å². The Morgan fingerprint density at radius 3 is 2.29 bits per heavy atom. The van der Waals surface area contributed by atoms with E-state index in [1.807, 2.05) is 66.7 Å². The summed E-state index contributed by atoms with van der Waals surface area (Å²) in [6, 6.07) is 25.9. The molecule has 5 rings (SSSR count). The van der Waals surface area contributed by atoms with E-state index >= 15 is 0 Å². The summed E-state index contributed by atoms with van der Waals surface area (Å²) in [6.45, 7) is 10.5. The summed E-state index contributed by atoms with van der Waals surface area (Å²) < 4.78 is 0. The van der Waals surface area contributed by atoms with Crippen molar-refractivity contribution in [2.24, 2.45) is 0 Å². The number of benzene rings is 3. The van der Waals surface area contributed by atoms with Gasteiger partial charge in [0.15, 0.2) is 0 Å². The standard InChI is InChI=1S/C31H27NO2/c1-19-12-8-10-16-24(19)31(3,4)20(2)18-23-29(33)27(30(23)34)26-22-15-9-11-17-25(22)32-28(26)21-13-6-5-7-14-21/h5-18,32-33H,2H2,1,3-4H3/b23-18+. The number of para-hydroxylation sites is 1. The van der Waals surface area contributed by atoms with Crippen molar-refractivity contribution in [3.05, 3.63) is 125 Å². The van der Waals surface area contributed by atoms with Crippen LogP contribution < -0.4 is 0 Å². The Morgan fingerprint density at radius 1 is 0.941 bits per heavy atom. The summed E-state index contributed by atoms with van der Waals surface area (Å²) in [5, 5.41) is 12.0. The average Bonchev–Trinajstić information content (AvgIpc) is 3.22. The molecule has 0 fully saturated rings. The van der Waals surface area contributed by atoms with Gasteiger partial charge in [0, 0.05) is 21.9 Å². The van der Waals surface area contributed by atoms with E-state index in [0.29, 0.717) is 11.1 Å². The SMILES string of the molecule is C=C(/C=C1/C(=O)C(c2c(-c3ccccc3)[nH]c3ccccc23)=C1O)C(C)(C)c1ccccc1C. The number of fused-ring (bicyclic) bond motifs is 1. The Labute approximate surface area is 199 Å². The second-order valence-electron chi connectivity index (χ2n) is 9.36. The highest BCUT2D eigenvalue weighted by Crippen LogP contribution is 2.45. The minimum atomic E-state index is -0.384. The van der Waals surface area contributed by atoms with Gasteiger partial charge in [-0.3, -0.25) is 4.79 Å². The first kappa shape index (κ1) is 21.7. The van der Waals surface area contributed by atoms with Crippen LogP contribution in [-0.4, -0.2) is 15.9 Å². The van der Waals surface area contributed by atoms with Gasteiger partial charge in [0.05, 0.1) is 16.8 Å². The van der Waals surface area contributed by atoms with E-state index in [4.69, 9.17) is 0 Å². The fourth-order valence-corrected chi connectivity index (χ4v) is 4.81. The molecule has 0 unspecified atom stereocenters. The molecular formula is C31H27NO2. The number of aromatic nitrogens is 1. The highest BCUT2D eigenvalue weighted by atomic mass is 16.3. The van der Waals surface area contributed by atoms with Gasteiger partial charge in [-0.05, 0) is 41.3 Å². The van der Waals surface area contributed by atoms with Gasteiger partial charge in [0.2, 0.25) is 5.78 Å². The van der Waals surface area contributed by atoms with Crippen molar-refractivity contribution >= 4 is 22.3 Å². The van der Waals surface area contributed by atoms with E-state index in [1.165, 1.54) is 5.56 Å². The number of aryl methyl sites for hydroxylation is 1. The van der Waals surface area contributed by atoms with Crippen molar-refractivity contribution in [2.45, 2.75) is 26.2 Å². The number of allylic oxidation sites excluding steroid dienone is 4. The molecule has 0 saturated heterocycles. The number of aromatic amines is 1. The minimum absolute atomic E-state index is 0.0219. The van der Waals surface area contributed by atoms with Gasteiger partial charge >= 0.3 is 0 Å². The van der Waals surface area contributed by atoms with Gasteiger partial charge in [-0.15, -0.1) is 0 Å². The first-order chi connectivity index (χ1) is 16.3. The Kier molecular flexibility index (Phi) is 5.13. The predicted octanol–water partition coefficient (Wildman–Crippen LogP) is 7.46. The van der Waals surface area contributed by atoms with Crippen LogP contribution in [0.4, 0.5) is 0 Å². The first-order valence-electron chi connectivity index (χ1n) is 11.4. The first-order valence-corrected chi connectivity index (χ1v) is 11.4. The van der Waals surface area contributed by atoms with Crippen LogP contribution in [-0.2, 0) is 10.2 Å². The van der Waals surface area contributed by atoms with Crippen molar-refractivity contribution in [2.75, 3.05) is 0 Å². The van der Waals surface area contributed by atoms with Crippen molar-refractivity contribution in [3.8, 4) is 11.3 Å². The van der Waals surface area contributed by atoms with E-state index in [2.05, 4.69) is 44.5 Å². The number of hydrogen-bond acceptors (Lipinski definition) is 2. The molecule has 3 aromatic carbocycles. The van der Waals surface area contributed by atoms with E-state index < -0.39 is 0 Å². The van der Waals surface area contributed by atoms with Crippen LogP contribution in [0.5, 0.6) is 0 Å². The number of aliphatic hydroxyl groups is 1. The van der Waals surface area contributed by atoms with E-state index in [0.717, 1.165) is 38.9 Å². The fourth-order valence-electron chi connectivity index (χ4n) is 4.81. The number of ketones is 1. The van der Waals surface area contributed by atoms with Crippen molar-refractivity contribution < 1.29 is 9.90 Å². The zero-order chi connectivity index (χ0) is 24.0. The lowest BCUT2D eigenvalue weighted by Crippen LogP contribution is -2.25. The molecule has 2 N–H and O–H groups in total. The van der Waals surface area contributed by atoms with Gasteiger partial charge in [0.1, 0.15) is 5.76 Å². The molecule has 34 heavy (non-hydrogen) atoms. The Bertz CT molecular complexity index is 1510. The summed E-state index contributed by atoms with van der Waals surface area (Å²) in [6.07, 6.45) is 1.74. The van der Waals surface area contributed by atoms with Crippen LogP contribution >= 0.6 is 0 Å². The van der Waals surface area contributed by atoms with Crippen LogP contribution in [0.15, 0.2) is 108 Å². The van der Waals surface area contributed by atoms with Crippen molar-refractivity contribution in [1.82, 2.24) is 4.98 Å². The molecular weight excluding hydrogens is 418 g/mol. The number of nitrogens with one attached hydrogen (secondary N) is 1. The molecule has 0 bridgehead atoms. The monoisotopic (exact) mass is 445 g/mol. The number of aliphatic hydroxyl groups excluding tert-OH is 1. The lowest BCUT2D eigenvalue weighted by molar-refractivity contribution is -0.111. The molecule has 3 heteroatoms. The van der Waals surface area contributed by atoms with Gasteiger partial charge in [0.25, 0.3) is 0 Å². The molecule has 0 saturated carbocycles. The van der Waals surface area contributed by atoms with E-state index in [-0.39, 0.29) is 17.0 Å². The van der Waals surface area contributed by atoms with Gasteiger partial charge in [-0.1, -0.05) is 93.2 Å². The predicted molar refractivity (Wildman–Crippen MR) is 140 cm³/mol. The van der Waals surface area contributed by atoms with Gasteiger partial charge < -0.3 is 10.1 Å². The third kappa shape index (κ3) is 3.32. The highest BCUT2D eigenvalue weighted by molar-refractivity contribution is 6.41. The number of rotatable bonds is 5. The van der Waals surface area contributed by atoms with Crippen LogP contribution in [0, 0.1) is 6.92 Å². The zero-order valence-corrected chi connectivity index (χ0v) is 19.6. The number of carbonyl (C=O) groups excluding carboxylic acids is 1. The maximum atomic E-state index is 13.4. The molecule has 3 nitrogen and oxygen atoms in total. The highest BCUT2D eigenvalue weighted by Gasteiger charge is 2.38. The second-order valence-corrected chi connectivity index (χ2v) is 9.36. The van der Waals surface area contributed by atoms with E-state index in [1.54, 1.807) is 6.08 Å². The molecule has 0 amide bonds. The lowest BCUT2D eigenvalue weighted by Gasteiger charge is -2.30. The summed E-state index contributed by atoms with van der Waals surface area (Å²) in [4.78, 5) is 16.9. The molecule has 0 radical (unpaired) electrons. The van der Waals surface area contributed by atoms with Gasteiger partial charge in [-0.2, -0.15) is 0 Å². The third-order valence-corrected chi connectivity index (χ3v) is 6.92. The summed E-state index contributed by atoms with van der Waals surface area (Å²) >= 11 is 0. The van der Waals surface area contributed by atoms with Crippen LogP contribution in [0.2, 0.25) is 0 Å². The van der Waals surface area contributed by atoms with E-state index in [9.17, 15) is 9.90 Å².